The maximum Gasteiger partial charge on any atom is 0.247 e. The summed E-state index contributed by atoms with van der Waals surface area (Å²) in [6.07, 6.45) is 0.158. The van der Waals surface area contributed by atoms with E-state index in [2.05, 4.69) is 6.07 Å². The van der Waals surface area contributed by atoms with Gasteiger partial charge < -0.3 is 15.0 Å². The SMILES string of the molecule is Cn1c(-c2ccc(C[C@@H](C#N)N3CCCO[C@H](C(N)=O)C3)c(F)c2)cc2ccccc21. The van der Waals surface area contributed by atoms with E-state index in [4.69, 9.17) is 10.5 Å². The summed E-state index contributed by atoms with van der Waals surface area (Å²) in [5.41, 5.74) is 8.65. The zero-order valence-electron chi connectivity index (χ0n) is 17.4. The molecular formula is C24H25FN4O2. The first kappa shape index (κ1) is 21.0. The van der Waals surface area contributed by atoms with E-state index < -0.39 is 18.1 Å². The van der Waals surface area contributed by atoms with Gasteiger partial charge in [-0.05, 0) is 30.2 Å². The van der Waals surface area contributed by atoms with Crippen molar-refractivity contribution < 1.29 is 13.9 Å². The number of carbonyl (C=O) groups excluding carboxylic acids is 1. The summed E-state index contributed by atoms with van der Waals surface area (Å²) in [6, 6.07) is 16.9. The first-order valence-corrected chi connectivity index (χ1v) is 10.4. The highest BCUT2D eigenvalue weighted by Gasteiger charge is 2.28. The topological polar surface area (TPSA) is 84.3 Å². The van der Waals surface area contributed by atoms with Crippen LogP contribution in [0.3, 0.4) is 0 Å². The van der Waals surface area contributed by atoms with Crippen molar-refractivity contribution >= 4 is 16.8 Å². The summed E-state index contributed by atoms with van der Waals surface area (Å²) in [5, 5.41) is 10.8. The number of amides is 1. The van der Waals surface area contributed by atoms with Gasteiger partial charge in [-0.15, -0.1) is 0 Å². The molecule has 1 aliphatic heterocycles. The Kier molecular flexibility index (Phi) is 6.03. The minimum Gasteiger partial charge on any atom is -0.367 e. The third-order valence-electron chi connectivity index (χ3n) is 5.93. The Morgan fingerprint density at radius 3 is 2.84 bits per heavy atom. The van der Waals surface area contributed by atoms with Crippen molar-refractivity contribution in [2.75, 3.05) is 19.7 Å². The number of ether oxygens (including phenoxy) is 1. The number of nitriles is 1. The molecule has 1 aliphatic rings. The summed E-state index contributed by atoms with van der Waals surface area (Å²) < 4.78 is 22.5. The van der Waals surface area contributed by atoms with Gasteiger partial charge in [-0.25, -0.2) is 4.39 Å². The molecule has 6 nitrogen and oxygen atoms in total. The Morgan fingerprint density at radius 2 is 2.13 bits per heavy atom. The van der Waals surface area contributed by atoms with Gasteiger partial charge in [-0.3, -0.25) is 9.69 Å². The molecule has 1 aromatic heterocycles. The van der Waals surface area contributed by atoms with Crippen molar-refractivity contribution in [2.45, 2.75) is 25.0 Å². The lowest BCUT2D eigenvalue weighted by atomic mass is 10.0. The molecule has 1 fully saturated rings. The second-order valence-electron chi connectivity index (χ2n) is 7.91. The Labute approximate surface area is 180 Å². The Morgan fingerprint density at radius 1 is 1.32 bits per heavy atom. The van der Waals surface area contributed by atoms with Crippen molar-refractivity contribution in [3.63, 3.8) is 0 Å². The van der Waals surface area contributed by atoms with Crippen molar-refractivity contribution in [2.24, 2.45) is 12.8 Å². The molecule has 0 saturated carbocycles. The van der Waals surface area contributed by atoms with Crippen LogP contribution in [0.4, 0.5) is 4.39 Å². The van der Waals surface area contributed by atoms with Crippen molar-refractivity contribution in [1.29, 1.82) is 5.26 Å². The molecule has 0 bridgehead atoms. The number of aromatic nitrogens is 1. The fourth-order valence-electron chi connectivity index (χ4n) is 4.21. The molecule has 2 heterocycles. The Balaban J connectivity index is 1.56. The van der Waals surface area contributed by atoms with Gasteiger partial charge in [0.15, 0.2) is 0 Å². The van der Waals surface area contributed by atoms with Crippen LogP contribution >= 0.6 is 0 Å². The largest absolute Gasteiger partial charge is 0.367 e. The van der Waals surface area contributed by atoms with Crippen molar-refractivity contribution in [1.82, 2.24) is 9.47 Å². The monoisotopic (exact) mass is 420 g/mol. The standard InChI is InChI=1S/C24H25FN4O2/c1-28-21-6-3-2-5-17(21)13-22(28)18-8-7-16(20(25)12-18)11-19(14-26)29-9-4-10-31-23(15-29)24(27)30/h2-3,5-8,12-13,19,23H,4,9-11,15H2,1H3,(H2,27,30)/t19-,23-/m0/s1. The normalized spacial score (nSPS) is 18.4. The number of primary amides is 1. The molecule has 0 aliphatic carbocycles. The van der Waals surface area contributed by atoms with Crippen LogP contribution in [-0.2, 0) is 23.0 Å². The number of nitrogens with zero attached hydrogens (tertiary/aromatic N) is 3. The molecule has 2 N–H and O–H groups in total. The van der Waals surface area contributed by atoms with Gasteiger partial charge >= 0.3 is 0 Å². The van der Waals surface area contributed by atoms with Crippen LogP contribution in [0.5, 0.6) is 0 Å². The third kappa shape index (κ3) is 4.31. The van der Waals surface area contributed by atoms with Crippen molar-refractivity contribution in [3.05, 3.63) is 59.9 Å². The molecule has 2 aromatic carbocycles. The number of carbonyl (C=O) groups is 1. The highest BCUT2D eigenvalue weighted by atomic mass is 19.1. The van der Waals surface area contributed by atoms with Crippen LogP contribution in [0, 0.1) is 17.1 Å². The predicted molar refractivity (Wildman–Crippen MR) is 117 cm³/mol. The predicted octanol–water partition coefficient (Wildman–Crippen LogP) is 3.00. The lowest BCUT2D eigenvalue weighted by Gasteiger charge is -2.27. The summed E-state index contributed by atoms with van der Waals surface area (Å²) in [4.78, 5) is 13.4. The summed E-state index contributed by atoms with van der Waals surface area (Å²) in [5.74, 6) is -0.894. The third-order valence-corrected chi connectivity index (χ3v) is 5.93. The molecule has 1 amide bonds. The van der Waals surface area contributed by atoms with E-state index in [-0.39, 0.29) is 18.8 Å². The second-order valence-corrected chi connectivity index (χ2v) is 7.91. The fourth-order valence-corrected chi connectivity index (χ4v) is 4.21. The van der Waals surface area contributed by atoms with E-state index in [1.54, 1.807) is 6.07 Å². The minimum absolute atomic E-state index is 0.225. The second kappa shape index (κ2) is 8.88. The number of para-hydroxylation sites is 1. The minimum atomic E-state index is -0.753. The van der Waals surface area contributed by atoms with Gasteiger partial charge in [-0.1, -0.05) is 30.3 Å². The molecule has 0 spiro atoms. The van der Waals surface area contributed by atoms with Gasteiger partial charge in [0.1, 0.15) is 18.0 Å². The zero-order chi connectivity index (χ0) is 22.0. The maximum absolute atomic E-state index is 15.0. The molecule has 0 unspecified atom stereocenters. The Bertz CT molecular complexity index is 1150. The first-order valence-electron chi connectivity index (χ1n) is 10.4. The van der Waals surface area contributed by atoms with Gasteiger partial charge in [0.25, 0.3) is 0 Å². The molecule has 3 aromatic rings. The van der Waals surface area contributed by atoms with E-state index in [0.29, 0.717) is 25.1 Å². The molecule has 160 valence electrons. The number of hydrogen-bond donors (Lipinski definition) is 1. The Hall–Kier alpha value is -3.21. The highest BCUT2D eigenvalue weighted by Crippen LogP contribution is 2.29. The number of nitrogens with two attached hydrogens (primary N) is 1. The quantitative estimate of drug-likeness (QED) is 0.688. The number of rotatable bonds is 5. The van der Waals surface area contributed by atoms with E-state index in [1.807, 2.05) is 52.9 Å². The number of fused-ring (bicyclic) bond motifs is 1. The summed E-state index contributed by atoms with van der Waals surface area (Å²) in [6.45, 7) is 1.25. The smallest absolute Gasteiger partial charge is 0.247 e. The van der Waals surface area contributed by atoms with E-state index >= 15 is 4.39 Å². The maximum atomic E-state index is 15.0. The average Bonchev–Trinajstić information content (AvgIpc) is 2.93. The van der Waals surface area contributed by atoms with Crippen molar-refractivity contribution in [3.8, 4) is 17.3 Å². The van der Waals surface area contributed by atoms with Crippen LogP contribution in [-0.4, -0.2) is 47.2 Å². The van der Waals surface area contributed by atoms with E-state index in [9.17, 15) is 10.1 Å². The first-order chi connectivity index (χ1) is 15.0. The molecule has 7 heteroatoms. The molecule has 4 rings (SSSR count). The molecule has 1 saturated heterocycles. The summed E-state index contributed by atoms with van der Waals surface area (Å²) in [7, 11) is 1.96. The van der Waals surface area contributed by atoms with Crippen LogP contribution in [0.15, 0.2) is 48.5 Å². The molecular weight excluding hydrogens is 395 g/mol. The fraction of sp³-hybridized carbons (Fsp3) is 0.333. The van der Waals surface area contributed by atoms with Gasteiger partial charge in [-0.2, -0.15) is 5.26 Å². The number of halogens is 1. The lowest BCUT2D eigenvalue weighted by molar-refractivity contribution is -0.129. The van der Waals surface area contributed by atoms with Crippen LogP contribution < -0.4 is 5.73 Å². The summed E-state index contributed by atoms with van der Waals surface area (Å²) >= 11 is 0. The van der Waals surface area contributed by atoms with E-state index in [0.717, 1.165) is 22.2 Å². The van der Waals surface area contributed by atoms with Crippen LogP contribution in [0.1, 0.15) is 12.0 Å². The number of benzene rings is 2. The highest BCUT2D eigenvalue weighted by molar-refractivity contribution is 5.87. The average molecular weight is 420 g/mol. The number of aryl methyl sites for hydroxylation is 1. The van der Waals surface area contributed by atoms with Gasteiger partial charge in [0.05, 0.1) is 6.07 Å². The van der Waals surface area contributed by atoms with Gasteiger partial charge in [0, 0.05) is 55.3 Å². The zero-order valence-corrected chi connectivity index (χ0v) is 17.4. The van der Waals surface area contributed by atoms with Crippen LogP contribution in [0.2, 0.25) is 0 Å². The molecule has 0 radical (unpaired) electrons. The lowest BCUT2D eigenvalue weighted by Crippen LogP contribution is -2.45. The molecule has 31 heavy (non-hydrogen) atoms. The van der Waals surface area contributed by atoms with E-state index in [1.165, 1.54) is 6.07 Å². The molecule has 2 atom stereocenters. The van der Waals surface area contributed by atoms with Gasteiger partial charge in [0.2, 0.25) is 5.91 Å². The van der Waals surface area contributed by atoms with Crippen LogP contribution in [0.25, 0.3) is 22.2 Å². The number of hydrogen-bond acceptors (Lipinski definition) is 4.